The predicted molar refractivity (Wildman–Crippen MR) is 96.0 cm³/mol. The number of ether oxygens (including phenoxy) is 1. The normalized spacial score (nSPS) is 17.0. The molecular formula is C19H15F5N4O2. The molecule has 0 bridgehead atoms. The summed E-state index contributed by atoms with van der Waals surface area (Å²) < 4.78 is 67.6. The lowest BCUT2D eigenvalue weighted by Gasteiger charge is -2.33. The number of nitrogens with zero attached hydrogens (tertiary/aromatic N) is 3. The Hall–Kier alpha value is -3.42. The molecule has 3 rings (SSSR count). The Morgan fingerprint density at radius 3 is 2.50 bits per heavy atom. The van der Waals surface area contributed by atoms with Crippen molar-refractivity contribution in [2.75, 3.05) is 16.8 Å². The van der Waals surface area contributed by atoms with Crippen molar-refractivity contribution < 1.29 is 31.5 Å². The Morgan fingerprint density at radius 1 is 1.20 bits per heavy atom. The number of hydrogen-bond acceptors (Lipinski definition) is 5. The number of pyridine rings is 1. The average Bonchev–Trinajstić information content (AvgIpc) is 2.69. The molecule has 11 heteroatoms. The van der Waals surface area contributed by atoms with Crippen molar-refractivity contribution in [3.63, 3.8) is 0 Å². The molecule has 2 heterocycles. The van der Waals surface area contributed by atoms with E-state index in [0.29, 0.717) is 31.1 Å². The van der Waals surface area contributed by atoms with Gasteiger partial charge >= 0.3 is 12.8 Å². The highest BCUT2D eigenvalue weighted by Gasteiger charge is 2.35. The monoisotopic (exact) mass is 426 g/mol. The lowest BCUT2D eigenvalue weighted by Crippen LogP contribution is -2.48. The number of anilines is 2. The van der Waals surface area contributed by atoms with Gasteiger partial charge in [0.2, 0.25) is 5.91 Å². The van der Waals surface area contributed by atoms with Crippen molar-refractivity contribution in [2.45, 2.75) is 31.7 Å². The minimum absolute atomic E-state index is 0.0697. The van der Waals surface area contributed by atoms with Crippen LogP contribution in [0, 0.1) is 11.3 Å². The summed E-state index contributed by atoms with van der Waals surface area (Å²) in [5.74, 6) is -0.834. The number of rotatable bonds is 5. The summed E-state index contributed by atoms with van der Waals surface area (Å²) in [7, 11) is 0. The molecule has 1 N–H and O–H groups in total. The summed E-state index contributed by atoms with van der Waals surface area (Å²) in [6, 6.07) is 7.97. The van der Waals surface area contributed by atoms with Gasteiger partial charge < -0.3 is 15.0 Å². The van der Waals surface area contributed by atoms with E-state index < -0.39 is 30.4 Å². The molecule has 2 aromatic rings. The summed E-state index contributed by atoms with van der Waals surface area (Å²) >= 11 is 0. The lowest BCUT2D eigenvalue weighted by molar-refractivity contribution is -0.141. The van der Waals surface area contributed by atoms with Crippen LogP contribution in [0.25, 0.3) is 0 Å². The molecule has 6 nitrogen and oxygen atoms in total. The van der Waals surface area contributed by atoms with Crippen molar-refractivity contribution in [3.8, 4) is 11.8 Å². The molecule has 1 aromatic carbocycles. The average molecular weight is 426 g/mol. The van der Waals surface area contributed by atoms with Gasteiger partial charge in [0.15, 0.2) is 0 Å². The number of amides is 1. The Kier molecular flexibility index (Phi) is 6.05. The first-order valence-electron chi connectivity index (χ1n) is 8.80. The van der Waals surface area contributed by atoms with Crippen molar-refractivity contribution in [1.29, 1.82) is 5.26 Å². The van der Waals surface area contributed by atoms with Crippen LogP contribution in [0.3, 0.4) is 0 Å². The minimum atomic E-state index is -4.70. The molecule has 0 aliphatic carbocycles. The number of alkyl halides is 5. The van der Waals surface area contributed by atoms with Gasteiger partial charge in [-0.3, -0.25) is 4.79 Å². The van der Waals surface area contributed by atoms with Crippen LogP contribution in [0.4, 0.5) is 33.5 Å². The third-order valence-corrected chi connectivity index (χ3v) is 4.43. The van der Waals surface area contributed by atoms with Crippen molar-refractivity contribution in [2.24, 2.45) is 0 Å². The third kappa shape index (κ3) is 4.76. The Balaban J connectivity index is 1.80. The second-order valence-electron chi connectivity index (χ2n) is 6.40. The number of piperidine rings is 1. The van der Waals surface area contributed by atoms with Gasteiger partial charge in [-0.25, -0.2) is 4.98 Å². The van der Waals surface area contributed by atoms with E-state index in [1.54, 1.807) is 6.07 Å². The van der Waals surface area contributed by atoms with Gasteiger partial charge in [0.25, 0.3) is 0 Å². The number of benzene rings is 1. The second kappa shape index (κ2) is 8.52. The van der Waals surface area contributed by atoms with E-state index in [-0.39, 0.29) is 17.1 Å². The smallest absolute Gasteiger partial charge is 0.433 e. The van der Waals surface area contributed by atoms with Crippen molar-refractivity contribution in [3.05, 3.63) is 47.7 Å². The number of carbonyl (C=O) groups excluding carboxylic acids is 1. The Bertz CT molecular complexity index is 957. The topological polar surface area (TPSA) is 78.2 Å². The molecule has 1 atom stereocenters. The van der Waals surface area contributed by atoms with Gasteiger partial charge in [0.1, 0.15) is 29.4 Å². The summed E-state index contributed by atoms with van der Waals surface area (Å²) in [5, 5.41) is 11.8. The number of hydrogen-bond donors (Lipinski definition) is 1. The van der Waals surface area contributed by atoms with Gasteiger partial charge in [-0.1, -0.05) is 0 Å². The van der Waals surface area contributed by atoms with Crippen molar-refractivity contribution in [1.82, 2.24) is 4.98 Å². The van der Waals surface area contributed by atoms with Gasteiger partial charge in [0.05, 0.1) is 5.56 Å². The number of halogens is 5. The van der Waals surface area contributed by atoms with Gasteiger partial charge in [-0.2, -0.15) is 27.2 Å². The number of carbonyl (C=O) groups is 1. The largest absolute Gasteiger partial charge is 0.435 e. The van der Waals surface area contributed by atoms with Crippen LogP contribution >= 0.6 is 0 Å². The number of aromatic nitrogens is 1. The van der Waals surface area contributed by atoms with Gasteiger partial charge in [-0.15, -0.1) is 0 Å². The molecule has 1 saturated heterocycles. The number of nitrogens with one attached hydrogen (secondary N) is 1. The fourth-order valence-electron chi connectivity index (χ4n) is 3.06. The van der Waals surface area contributed by atoms with Crippen LogP contribution < -0.4 is 15.0 Å². The van der Waals surface area contributed by atoms with Crippen LogP contribution in [0.1, 0.15) is 24.1 Å². The van der Waals surface area contributed by atoms with E-state index in [0.717, 1.165) is 6.07 Å². The maximum Gasteiger partial charge on any atom is 0.433 e. The predicted octanol–water partition coefficient (Wildman–Crippen LogP) is 4.18. The van der Waals surface area contributed by atoms with E-state index in [2.05, 4.69) is 15.0 Å². The molecule has 158 valence electrons. The SMILES string of the molecule is N#Cc1ccc(C(F)(F)F)nc1N[C@H]1CCCN(c2ccc(OC(F)F)cc2)C1=O. The standard InChI is InChI=1S/C19H15F5N4O2/c20-18(21)30-13-6-4-12(5-7-13)28-9-1-2-14(17(28)29)26-16-11(10-25)3-8-15(27-16)19(22,23)24/h3-8,14,18H,1-2,9H2,(H,26,27)/t14-/m0/s1. The first-order valence-corrected chi connectivity index (χ1v) is 8.80. The summed E-state index contributed by atoms with van der Waals surface area (Å²) in [6.45, 7) is -2.64. The highest BCUT2D eigenvalue weighted by molar-refractivity contribution is 5.99. The van der Waals surface area contributed by atoms with Crippen LogP contribution in [-0.2, 0) is 11.0 Å². The summed E-state index contributed by atoms with van der Waals surface area (Å²) in [4.78, 5) is 17.7. The highest BCUT2D eigenvalue weighted by atomic mass is 19.4. The van der Waals surface area contributed by atoms with Crippen LogP contribution in [0.5, 0.6) is 5.75 Å². The molecular weight excluding hydrogens is 411 g/mol. The lowest BCUT2D eigenvalue weighted by atomic mass is 10.0. The minimum Gasteiger partial charge on any atom is -0.435 e. The zero-order valence-corrected chi connectivity index (χ0v) is 15.3. The van der Waals surface area contributed by atoms with E-state index in [9.17, 15) is 26.7 Å². The van der Waals surface area contributed by atoms with Gasteiger partial charge in [0, 0.05) is 12.2 Å². The van der Waals surface area contributed by atoms with Crippen molar-refractivity contribution >= 4 is 17.4 Å². The van der Waals surface area contributed by atoms with E-state index >= 15 is 0 Å². The Morgan fingerprint density at radius 2 is 1.90 bits per heavy atom. The molecule has 1 fully saturated rings. The third-order valence-electron chi connectivity index (χ3n) is 4.43. The second-order valence-corrected chi connectivity index (χ2v) is 6.40. The molecule has 1 amide bonds. The fraction of sp³-hybridized carbons (Fsp3) is 0.316. The maximum absolute atomic E-state index is 12.9. The molecule has 1 aromatic heterocycles. The maximum atomic E-state index is 12.9. The molecule has 30 heavy (non-hydrogen) atoms. The molecule has 0 saturated carbocycles. The first kappa shape index (κ1) is 21.3. The van der Waals surface area contributed by atoms with Crippen LogP contribution in [0.15, 0.2) is 36.4 Å². The fourth-order valence-corrected chi connectivity index (χ4v) is 3.06. The van der Waals surface area contributed by atoms with Crippen LogP contribution in [-0.4, -0.2) is 30.1 Å². The first-order chi connectivity index (χ1) is 14.2. The summed E-state index contributed by atoms with van der Waals surface area (Å²) in [5.41, 5.74) is -0.884. The molecule has 0 unspecified atom stereocenters. The number of nitriles is 1. The molecule has 1 aliphatic heterocycles. The van der Waals surface area contributed by atoms with E-state index in [4.69, 9.17) is 5.26 Å². The quantitative estimate of drug-likeness (QED) is 0.726. The molecule has 0 spiro atoms. The zero-order valence-electron chi connectivity index (χ0n) is 15.3. The molecule has 1 aliphatic rings. The molecule has 0 radical (unpaired) electrons. The van der Waals surface area contributed by atoms with Gasteiger partial charge in [-0.05, 0) is 49.2 Å². The van der Waals surface area contributed by atoms with Crippen LogP contribution in [0.2, 0.25) is 0 Å². The zero-order chi connectivity index (χ0) is 21.9. The van der Waals surface area contributed by atoms with E-state index in [1.807, 2.05) is 0 Å². The summed E-state index contributed by atoms with van der Waals surface area (Å²) in [6.07, 6.45) is -3.85. The van der Waals surface area contributed by atoms with E-state index in [1.165, 1.54) is 29.2 Å². The highest BCUT2D eigenvalue weighted by Crippen LogP contribution is 2.31. The Labute approximate surface area is 167 Å².